The van der Waals surface area contributed by atoms with Crippen LogP contribution in [0, 0.1) is 6.92 Å². The lowest BCUT2D eigenvalue weighted by Crippen LogP contribution is -2.38. The molecule has 0 spiro atoms. The number of aryl methyl sites for hydroxylation is 1. The Hall–Kier alpha value is -3.41. The van der Waals surface area contributed by atoms with Crippen molar-refractivity contribution in [2.45, 2.75) is 25.7 Å². The summed E-state index contributed by atoms with van der Waals surface area (Å²) in [6, 6.07) is 10.3. The standard InChI is InChI=1S/C23H25ClN6O4S/c1-4-26-35(32,33)20-11-16(7-6-14(20)3)28-23-25-12-17(24)22(29-23)27-15-8-9-19-18(10-15)30(5-2)21(31)13-34-19/h6-12,26H,4-5,13H2,1-3H3,(H2,25,27,28,29). The fourth-order valence-electron chi connectivity index (χ4n) is 3.64. The predicted molar refractivity (Wildman–Crippen MR) is 136 cm³/mol. The molecule has 3 N–H and O–H groups in total. The highest BCUT2D eigenvalue weighted by Crippen LogP contribution is 2.36. The second-order valence-electron chi connectivity index (χ2n) is 7.73. The van der Waals surface area contributed by atoms with E-state index in [1.54, 1.807) is 49.1 Å². The molecular formula is C23H25ClN6O4S. The van der Waals surface area contributed by atoms with Crippen molar-refractivity contribution in [3.05, 3.63) is 53.2 Å². The molecule has 0 atom stereocenters. The first-order valence-corrected chi connectivity index (χ1v) is 12.8. The van der Waals surface area contributed by atoms with Gasteiger partial charge in [0, 0.05) is 24.5 Å². The van der Waals surface area contributed by atoms with E-state index in [4.69, 9.17) is 16.3 Å². The SMILES string of the molecule is CCNS(=O)(=O)c1cc(Nc2ncc(Cl)c(Nc3ccc4c(c3)N(CC)C(=O)CO4)n2)ccc1C. The second kappa shape index (κ2) is 10.1. The van der Waals surface area contributed by atoms with Gasteiger partial charge in [-0.2, -0.15) is 4.98 Å². The molecule has 2 aromatic carbocycles. The van der Waals surface area contributed by atoms with Crippen LogP contribution in [0.5, 0.6) is 5.75 Å². The Morgan fingerprint density at radius 1 is 1.11 bits per heavy atom. The Kier molecular flexibility index (Phi) is 7.10. The van der Waals surface area contributed by atoms with E-state index in [9.17, 15) is 13.2 Å². The number of hydrogen-bond acceptors (Lipinski definition) is 8. The lowest BCUT2D eigenvalue weighted by molar-refractivity contribution is -0.121. The van der Waals surface area contributed by atoms with Gasteiger partial charge in [0.25, 0.3) is 5.91 Å². The highest BCUT2D eigenvalue weighted by atomic mass is 35.5. The Morgan fingerprint density at radius 3 is 2.60 bits per heavy atom. The third-order valence-corrected chi connectivity index (χ3v) is 7.26. The number of sulfonamides is 1. The minimum absolute atomic E-state index is 0.0108. The second-order valence-corrected chi connectivity index (χ2v) is 9.87. The topological polar surface area (TPSA) is 126 Å². The molecule has 3 aromatic rings. The molecule has 35 heavy (non-hydrogen) atoms. The van der Waals surface area contributed by atoms with Gasteiger partial charge >= 0.3 is 0 Å². The minimum atomic E-state index is -3.63. The molecule has 184 valence electrons. The zero-order valence-electron chi connectivity index (χ0n) is 19.4. The summed E-state index contributed by atoms with van der Waals surface area (Å²) < 4.78 is 33.0. The molecule has 10 nitrogen and oxygen atoms in total. The average molecular weight is 517 g/mol. The number of carbonyl (C=O) groups is 1. The number of nitrogens with one attached hydrogen (secondary N) is 3. The zero-order chi connectivity index (χ0) is 25.2. The highest BCUT2D eigenvalue weighted by molar-refractivity contribution is 7.89. The largest absolute Gasteiger partial charge is 0.482 e. The minimum Gasteiger partial charge on any atom is -0.482 e. The molecule has 1 aliphatic heterocycles. The van der Waals surface area contributed by atoms with E-state index in [0.29, 0.717) is 40.7 Å². The van der Waals surface area contributed by atoms with Crippen LogP contribution in [0.1, 0.15) is 19.4 Å². The fourth-order valence-corrected chi connectivity index (χ4v) is 5.09. The molecule has 0 saturated carbocycles. The molecule has 2 heterocycles. The third kappa shape index (κ3) is 5.31. The first-order chi connectivity index (χ1) is 16.7. The number of fused-ring (bicyclic) bond motifs is 1. The number of halogens is 1. The monoisotopic (exact) mass is 516 g/mol. The third-order valence-electron chi connectivity index (χ3n) is 5.29. The van der Waals surface area contributed by atoms with E-state index >= 15 is 0 Å². The van der Waals surface area contributed by atoms with E-state index < -0.39 is 10.0 Å². The van der Waals surface area contributed by atoms with Gasteiger partial charge in [-0.15, -0.1) is 0 Å². The summed E-state index contributed by atoms with van der Waals surface area (Å²) in [5, 5.41) is 6.46. The van der Waals surface area contributed by atoms with Gasteiger partial charge in [0.1, 0.15) is 10.8 Å². The number of rotatable bonds is 8. The van der Waals surface area contributed by atoms with Crippen molar-refractivity contribution in [2.24, 2.45) is 0 Å². The Balaban J connectivity index is 1.59. The molecule has 0 bridgehead atoms. The molecule has 0 fully saturated rings. The zero-order valence-corrected chi connectivity index (χ0v) is 21.0. The summed E-state index contributed by atoms with van der Waals surface area (Å²) in [5.41, 5.74) is 2.43. The number of benzene rings is 2. The Bertz CT molecular complexity index is 1380. The molecule has 12 heteroatoms. The number of hydrogen-bond donors (Lipinski definition) is 3. The van der Waals surface area contributed by atoms with Crippen LogP contribution in [0.25, 0.3) is 0 Å². The molecule has 0 saturated heterocycles. The van der Waals surface area contributed by atoms with Gasteiger partial charge in [-0.1, -0.05) is 24.6 Å². The summed E-state index contributed by atoms with van der Waals surface area (Å²) in [4.78, 5) is 22.6. The van der Waals surface area contributed by atoms with E-state index in [1.165, 1.54) is 12.3 Å². The van der Waals surface area contributed by atoms with Gasteiger partial charge < -0.3 is 20.3 Å². The Morgan fingerprint density at radius 2 is 1.86 bits per heavy atom. The quantitative estimate of drug-likeness (QED) is 0.410. The van der Waals surface area contributed by atoms with Crippen LogP contribution < -0.4 is 25.0 Å². The average Bonchev–Trinajstić information content (AvgIpc) is 2.82. The highest BCUT2D eigenvalue weighted by Gasteiger charge is 2.24. The normalized spacial score (nSPS) is 13.3. The molecule has 4 rings (SSSR count). The van der Waals surface area contributed by atoms with Crippen LogP contribution in [0.3, 0.4) is 0 Å². The van der Waals surface area contributed by atoms with Crippen LogP contribution in [0.4, 0.5) is 28.8 Å². The van der Waals surface area contributed by atoms with Crippen molar-refractivity contribution < 1.29 is 17.9 Å². The van der Waals surface area contributed by atoms with Crippen molar-refractivity contribution in [2.75, 3.05) is 35.2 Å². The van der Waals surface area contributed by atoms with Crippen molar-refractivity contribution >= 4 is 56.4 Å². The van der Waals surface area contributed by atoms with E-state index in [2.05, 4.69) is 25.3 Å². The van der Waals surface area contributed by atoms with Crippen molar-refractivity contribution in [3.8, 4) is 5.75 Å². The molecule has 0 aliphatic carbocycles. The van der Waals surface area contributed by atoms with Crippen LogP contribution in [-0.2, 0) is 14.8 Å². The molecule has 1 aliphatic rings. The molecule has 0 unspecified atom stereocenters. The number of anilines is 5. The maximum atomic E-state index is 12.5. The first kappa shape index (κ1) is 24.7. The molecular weight excluding hydrogens is 492 g/mol. The van der Waals surface area contributed by atoms with Crippen LogP contribution in [-0.4, -0.2) is 44.0 Å². The number of carbonyl (C=O) groups excluding carboxylic acids is 1. The summed E-state index contributed by atoms with van der Waals surface area (Å²) in [6.07, 6.45) is 1.44. The van der Waals surface area contributed by atoms with Gasteiger partial charge in [0.15, 0.2) is 12.4 Å². The number of nitrogens with zero attached hydrogens (tertiary/aromatic N) is 3. The van der Waals surface area contributed by atoms with Gasteiger partial charge in [-0.05, 0) is 49.7 Å². The van der Waals surface area contributed by atoms with E-state index in [0.717, 1.165) is 0 Å². The van der Waals surface area contributed by atoms with Crippen LogP contribution in [0.2, 0.25) is 5.02 Å². The number of aromatic nitrogens is 2. The fraction of sp³-hybridized carbons (Fsp3) is 0.261. The summed E-state index contributed by atoms with van der Waals surface area (Å²) in [5.74, 6) is 1.06. The van der Waals surface area contributed by atoms with Gasteiger partial charge in [-0.3, -0.25) is 4.79 Å². The van der Waals surface area contributed by atoms with E-state index in [1.807, 2.05) is 6.92 Å². The Labute approximate surface area is 208 Å². The van der Waals surface area contributed by atoms with Crippen molar-refractivity contribution in [1.82, 2.24) is 14.7 Å². The number of amides is 1. The maximum Gasteiger partial charge on any atom is 0.265 e. The van der Waals surface area contributed by atoms with Gasteiger partial charge in [0.05, 0.1) is 16.8 Å². The number of ether oxygens (including phenoxy) is 1. The van der Waals surface area contributed by atoms with Crippen LogP contribution >= 0.6 is 11.6 Å². The molecule has 1 amide bonds. The summed E-state index contributed by atoms with van der Waals surface area (Å²) in [6.45, 7) is 6.16. The van der Waals surface area contributed by atoms with Gasteiger partial charge in [-0.25, -0.2) is 18.1 Å². The molecule has 1 aromatic heterocycles. The van der Waals surface area contributed by atoms with Crippen molar-refractivity contribution in [1.29, 1.82) is 0 Å². The lowest BCUT2D eigenvalue weighted by Gasteiger charge is -2.28. The maximum absolute atomic E-state index is 12.5. The first-order valence-electron chi connectivity index (χ1n) is 11.0. The smallest absolute Gasteiger partial charge is 0.265 e. The number of likely N-dealkylation sites (N-methyl/N-ethyl adjacent to an activating group) is 1. The summed E-state index contributed by atoms with van der Waals surface area (Å²) >= 11 is 6.32. The van der Waals surface area contributed by atoms with Crippen molar-refractivity contribution in [3.63, 3.8) is 0 Å². The van der Waals surface area contributed by atoms with E-state index in [-0.39, 0.29) is 34.9 Å². The van der Waals surface area contributed by atoms with Crippen LogP contribution in [0.15, 0.2) is 47.5 Å². The molecule has 0 radical (unpaired) electrons. The lowest BCUT2D eigenvalue weighted by atomic mass is 10.2. The summed E-state index contributed by atoms with van der Waals surface area (Å²) in [7, 11) is -3.63. The predicted octanol–water partition coefficient (Wildman–Crippen LogP) is 3.97. The van der Waals surface area contributed by atoms with Gasteiger partial charge in [0.2, 0.25) is 16.0 Å².